The van der Waals surface area contributed by atoms with Crippen LogP contribution in [0.5, 0.6) is 11.5 Å². The van der Waals surface area contributed by atoms with Crippen molar-refractivity contribution in [3.8, 4) is 22.6 Å². The van der Waals surface area contributed by atoms with E-state index < -0.39 is 0 Å². The number of amides is 1. The minimum atomic E-state index is -0.205. The van der Waals surface area contributed by atoms with Gasteiger partial charge in [-0.2, -0.15) is 0 Å². The van der Waals surface area contributed by atoms with E-state index >= 15 is 0 Å². The maximum atomic E-state index is 12.3. The summed E-state index contributed by atoms with van der Waals surface area (Å²) >= 11 is 0. The van der Waals surface area contributed by atoms with Crippen molar-refractivity contribution in [1.29, 1.82) is 0 Å². The van der Waals surface area contributed by atoms with Gasteiger partial charge in [0.05, 0.1) is 6.61 Å². The van der Waals surface area contributed by atoms with Gasteiger partial charge in [-0.1, -0.05) is 81.1 Å². The molecule has 3 rings (SSSR count). The number of ether oxygens (including phenoxy) is 2. The molecule has 0 atom stereocenters. The first-order chi connectivity index (χ1) is 15.2. The van der Waals surface area contributed by atoms with Gasteiger partial charge in [-0.15, -0.1) is 0 Å². The van der Waals surface area contributed by atoms with Crippen molar-refractivity contribution in [1.82, 2.24) is 0 Å². The third kappa shape index (κ3) is 7.82. The minimum absolute atomic E-state index is 0.0484. The molecule has 0 heterocycles. The molecule has 1 amide bonds. The van der Waals surface area contributed by atoms with Crippen LogP contribution in [0.1, 0.15) is 39.0 Å². The van der Waals surface area contributed by atoms with Crippen LogP contribution < -0.4 is 14.8 Å². The number of hydrogen-bond acceptors (Lipinski definition) is 3. The van der Waals surface area contributed by atoms with Crippen molar-refractivity contribution < 1.29 is 14.3 Å². The van der Waals surface area contributed by atoms with E-state index in [1.54, 1.807) is 0 Å². The topological polar surface area (TPSA) is 47.6 Å². The molecular weight excluding hydrogens is 386 g/mol. The monoisotopic (exact) mass is 417 g/mol. The number of nitrogens with one attached hydrogen (secondary N) is 1. The third-order valence-corrected chi connectivity index (χ3v) is 4.97. The molecule has 4 heteroatoms. The lowest BCUT2D eigenvalue weighted by atomic mass is 10.1. The summed E-state index contributed by atoms with van der Waals surface area (Å²) in [5.74, 6) is 1.23. The Morgan fingerprint density at radius 1 is 0.742 bits per heavy atom. The molecule has 0 unspecified atom stereocenters. The number of unbranched alkanes of at least 4 members (excludes halogenated alkanes) is 4. The van der Waals surface area contributed by atoms with E-state index in [-0.39, 0.29) is 12.5 Å². The number of anilines is 1. The van der Waals surface area contributed by atoms with Gasteiger partial charge in [0, 0.05) is 11.8 Å². The zero-order chi connectivity index (χ0) is 21.7. The van der Waals surface area contributed by atoms with Crippen molar-refractivity contribution >= 4 is 11.6 Å². The summed E-state index contributed by atoms with van der Waals surface area (Å²) in [5, 5.41) is 2.86. The molecule has 0 bridgehead atoms. The van der Waals surface area contributed by atoms with Crippen LogP contribution in [0.3, 0.4) is 0 Å². The number of carbonyl (C=O) groups excluding carboxylic acids is 1. The Balaban J connectivity index is 1.42. The first kappa shape index (κ1) is 22.4. The molecule has 3 aromatic carbocycles. The predicted molar refractivity (Wildman–Crippen MR) is 127 cm³/mol. The summed E-state index contributed by atoms with van der Waals surface area (Å²) in [5.41, 5.74) is 2.96. The predicted octanol–water partition coefficient (Wildman–Crippen LogP) is 6.72. The first-order valence-electron chi connectivity index (χ1n) is 11.1. The van der Waals surface area contributed by atoms with Crippen LogP contribution in [0, 0.1) is 0 Å². The average Bonchev–Trinajstić information content (AvgIpc) is 2.81. The van der Waals surface area contributed by atoms with Crippen LogP contribution in [0.2, 0.25) is 0 Å². The van der Waals surface area contributed by atoms with E-state index in [1.807, 2.05) is 66.7 Å². The maximum Gasteiger partial charge on any atom is 0.262 e. The summed E-state index contributed by atoms with van der Waals surface area (Å²) in [6, 6.07) is 25.4. The van der Waals surface area contributed by atoms with Gasteiger partial charge in [0.25, 0.3) is 5.91 Å². The molecule has 162 valence electrons. The second kappa shape index (κ2) is 12.4. The second-order valence-corrected chi connectivity index (χ2v) is 7.52. The average molecular weight is 418 g/mol. The van der Waals surface area contributed by atoms with E-state index in [4.69, 9.17) is 9.47 Å². The van der Waals surface area contributed by atoms with Crippen LogP contribution in [0.25, 0.3) is 11.1 Å². The highest BCUT2D eigenvalue weighted by Gasteiger charge is 2.06. The fourth-order valence-electron chi connectivity index (χ4n) is 3.28. The highest BCUT2D eigenvalue weighted by molar-refractivity contribution is 5.92. The molecule has 3 aromatic rings. The Morgan fingerprint density at radius 2 is 1.48 bits per heavy atom. The summed E-state index contributed by atoms with van der Waals surface area (Å²) in [6.45, 7) is 2.86. The van der Waals surface area contributed by atoms with E-state index in [2.05, 4.69) is 24.4 Å². The smallest absolute Gasteiger partial charge is 0.262 e. The van der Waals surface area contributed by atoms with Crippen molar-refractivity contribution in [2.24, 2.45) is 0 Å². The molecule has 1 N–H and O–H groups in total. The van der Waals surface area contributed by atoms with E-state index in [0.717, 1.165) is 23.3 Å². The lowest BCUT2D eigenvalue weighted by Crippen LogP contribution is -2.20. The lowest BCUT2D eigenvalue weighted by molar-refractivity contribution is -0.118. The molecule has 4 nitrogen and oxygen atoms in total. The number of benzene rings is 3. The van der Waals surface area contributed by atoms with Crippen LogP contribution in [0.4, 0.5) is 5.69 Å². The fourth-order valence-corrected chi connectivity index (χ4v) is 3.28. The Kier molecular flexibility index (Phi) is 8.99. The fraction of sp³-hybridized carbons (Fsp3) is 0.296. The van der Waals surface area contributed by atoms with Crippen LogP contribution >= 0.6 is 0 Å². The quantitative estimate of drug-likeness (QED) is 0.333. The molecule has 0 radical (unpaired) electrons. The standard InChI is InChI=1S/C27H31NO3/c1-2-3-4-5-9-19-30-26-14-10-13-24(20-26)28-27(29)21-31-25-17-15-23(16-18-25)22-11-7-6-8-12-22/h6-8,10-18,20H,2-5,9,19,21H2,1H3,(H,28,29). The number of rotatable bonds is 12. The van der Waals surface area contributed by atoms with E-state index in [0.29, 0.717) is 18.0 Å². The van der Waals surface area contributed by atoms with Gasteiger partial charge < -0.3 is 14.8 Å². The Morgan fingerprint density at radius 3 is 2.26 bits per heavy atom. The molecule has 0 fully saturated rings. The molecule has 0 spiro atoms. The Hall–Kier alpha value is -3.27. The van der Waals surface area contributed by atoms with Crippen LogP contribution in [0.15, 0.2) is 78.9 Å². The van der Waals surface area contributed by atoms with Gasteiger partial charge in [0.1, 0.15) is 11.5 Å². The Bertz CT molecular complexity index is 923. The lowest BCUT2D eigenvalue weighted by Gasteiger charge is -2.10. The van der Waals surface area contributed by atoms with Crippen LogP contribution in [-0.4, -0.2) is 19.1 Å². The SMILES string of the molecule is CCCCCCCOc1cccc(NC(=O)COc2ccc(-c3ccccc3)cc2)c1. The van der Waals surface area contributed by atoms with Gasteiger partial charge in [-0.3, -0.25) is 4.79 Å². The number of hydrogen-bond donors (Lipinski definition) is 1. The number of carbonyl (C=O) groups is 1. The molecule has 0 aliphatic rings. The van der Waals surface area contributed by atoms with Crippen molar-refractivity contribution in [2.75, 3.05) is 18.5 Å². The van der Waals surface area contributed by atoms with E-state index in [1.165, 1.54) is 25.7 Å². The first-order valence-corrected chi connectivity index (χ1v) is 11.1. The third-order valence-electron chi connectivity index (χ3n) is 4.97. The van der Waals surface area contributed by atoms with Gasteiger partial charge in [0.2, 0.25) is 0 Å². The molecule has 0 aliphatic carbocycles. The molecule has 0 saturated carbocycles. The zero-order valence-corrected chi connectivity index (χ0v) is 18.2. The van der Waals surface area contributed by atoms with Gasteiger partial charge in [0.15, 0.2) is 6.61 Å². The molecule has 0 aliphatic heterocycles. The normalized spacial score (nSPS) is 10.5. The summed E-state index contributed by atoms with van der Waals surface area (Å²) in [4.78, 5) is 12.3. The zero-order valence-electron chi connectivity index (χ0n) is 18.2. The summed E-state index contributed by atoms with van der Waals surface area (Å²) < 4.78 is 11.4. The van der Waals surface area contributed by atoms with Crippen molar-refractivity contribution in [3.63, 3.8) is 0 Å². The second-order valence-electron chi connectivity index (χ2n) is 7.52. The van der Waals surface area contributed by atoms with E-state index in [9.17, 15) is 4.79 Å². The van der Waals surface area contributed by atoms with Crippen LogP contribution in [-0.2, 0) is 4.79 Å². The Labute approximate surface area is 185 Å². The minimum Gasteiger partial charge on any atom is -0.494 e. The van der Waals surface area contributed by atoms with Gasteiger partial charge >= 0.3 is 0 Å². The maximum absolute atomic E-state index is 12.3. The highest BCUT2D eigenvalue weighted by Crippen LogP contribution is 2.22. The molecule has 31 heavy (non-hydrogen) atoms. The van der Waals surface area contributed by atoms with Gasteiger partial charge in [-0.25, -0.2) is 0 Å². The molecule has 0 saturated heterocycles. The largest absolute Gasteiger partial charge is 0.494 e. The van der Waals surface area contributed by atoms with Gasteiger partial charge in [-0.05, 0) is 41.8 Å². The summed E-state index contributed by atoms with van der Waals surface area (Å²) in [7, 11) is 0. The van der Waals surface area contributed by atoms with Crippen molar-refractivity contribution in [2.45, 2.75) is 39.0 Å². The molecular formula is C27H31NO3. The van der Waals surface area contributed by atoms with Crippen molar-refractivity contribution in [3.05, 3.63) is 78.9 Å². The summed E-state index contributed by atoms with van der Waals surface area (Å²) in [6.07, 6.45) is 6.01. The molecule has 0 aromatic heterocycles. The highest BCUT2D eigenvalue weighted by atomic mass is 16.5.